The monoisotopic (exact) mass is 489 g/mol. The summed E-state index contributed by atoms with van der Waals surface area (Å²) in [6.07, 6.45) is 3.04. The van der Waals surface area contributed by atoms with Gasteiger partial charge in [0.05, 0.1) is 17.4 Å². The van der Waals surface area contributed by atoms with E-state index in [1.165, 1.54) is 0 Å². The van der Waals surface area contributed by atoms with E-state index in [0.29, 0.717) is 24.5 Å². The lowest BCUT2D eigenvalue weighted by atomic mass is 9.46. The summed E-state index contributed by atoms with van der Waals surface area (Å²) >= 11 is 0. The van der Waals surface area contributed by atoms with Crippen molar-refractivity contribution >= 4 is 23.3 Å². The average Bonchev–Trinajstić information content (AvgIpc) is 3.16. The molecule has 3 saturated carbocycles. The number of hydrogen-bond donors (Lipinski definition) is 7. The Balaban J connectivity index is 1.41. The van der Waals surface area contributed by atoms with Gasteiger partial charge in [-0.25, -0.2) is 10.3 Å². The first-order chi connectivity index (χ1) is 16.5. The van der Waals surface area contributed by atoms with E-state index in [1.54, 1.807) is 0 Å². The quantitative estimate of drug-likeness (QED) is 0.179. The van der Waals surface area contributed by atoms with Crippen LogP contribution in [0.1, 0.15) is 62.7 Å². The molecular weight excluding hydrogens is 458 g/mol. The second-order valence-electron chi connectivity index (χ2n) is 11.1. The topological polar surface area (TPSA) is 181 Å². The smallest absolute Gasteiger partial charge is 0.339 e. The zero-order chi connectivity index (χ0) is 25.3. The summed E-state index contributed by atoms with van der Waals surface area (Å²) in [4.78, 5) is 24.2. The fourth-order valence-electron chi connectivity index (χ4n) is 7.92. The molecule has 0 unspecified atom stereocenters. The number of hydrogen-bond acceptors (Lipinski definition) is 9. The number of phenols is 2. The summed E-state index contributed by atoms with van der Waals surface area (Å²) in [6, 6.07) is 1.85. The lowest BCUT2D eigenvalue weighted by Gasteiger charge is -2.61. The Labute approximate surface area is 201 Å². The molecule has 4 bridgehead atoms. The molecule has 2 saturated heterocycles. The van der Waals surface area contributed by atoms with Gasteiger partial charge in [0.15, 0.2) is 5.75 Å². The van der Waals surface area contributed by atoms with Gasteiger partial charge in [-0.1, -0.05) is 12.1 Å². The Hall–Kier alpha value is -2.89. The number of benzene rings is 1. The number of phenolic OH excluding ortho intramolecular Hbond substituents is 1. The highest BCUT2D eigenvalue weighted by Gasteiger charge is 2.74. The molecule has 5 aliphatic rings. The molecule has 7 atom stereocenters. The van der Waals surface area contributed by atoms with Crippen LogP contribution in [-0.2, 0) is 9.53 Å². The van der Waals surface area contributed by atoms with Crippen LogP contribution >= 0.6 is 0 Å². The number of aromatic hydroxyl groups is 2. The molecular formula is C24H31N3O8. The molecule has 11 nitrogen and oxygen atoms in total. The van der Waals surface area contributed by atoms with Crippen molar-refractivity contribution in [3.05, 3.63) is 17.7 Å². The van der Waals surface area contributed by atoms with Gasteiger partial charge in [-0.15, -0.1) is 0 Å². The van der Waals surface area contributed by atoms with Crippen LogP contribution in [0.3, 0.4) is 0 Å². The highest BCUT2D eigenvalue weighted by molar-refractivity contribution is 6.00. The summed E-state index contributed by atoms with van der Waals surface area (Å²) in [7, 11) is 0. The molecule has 1 spiro atoms. The zero-order valence-corrected chi connectivity index (χ0v) is 19.6. The predicted molar refractivity (Wildman–Crippen MR) is 122 cm³/mol. The van der Waals surface area contributed by atoms with Crippen molar-refractivity contribution in [2.45, 2.75) is 70.1 Å². The molecule has 6 rings (SSSR count). The molecule has 3 aliphatic carbocycles. The highest BCUT2D eigenvalue weighted by atomic mass is 16.5. The van der Waals surface area contributed by atoms with E-state index >= 15 is 0 Å². The van der Waals surface area contributed by atoms with Crippen molar-refractivity contribution < 1.29 is 40.1 Å². The van der Waals surface area contributed by atoms with Crippen LogP contribution in [0.15, 0.2) is 17.3 Å². The number of amides is 1. The van der Waals surface area contributed by atoms with Gasteiger partial charge >= 0.3 is 5.97 Å². The minimum Gasteiger partial charge on any atom is -0.506 e. The SMILES string of the molecule is C[C@]12C[C@]34C[C@H]1C[C@H](O2)[C@H]3[C@](C)(CCC(=O)Nc1c(O)ccc(C(=O)O)c1O)/C(=N/O)C[C@@H]4NO. The number of carbonyl (C=O) groups is 2. The number of hydroxylamine groups is 1. The second kappa shape index (κ2) is 7.81. The van der Waals surface area contributed by atoms with E-state index in [0.717, 1.165) is 31.4 Å². The van der Waals surface area contributed by atoms with Crippen LogP contribution in [0.25, 0.3) is 0 Å². The Morgan fingerprint density at radius 1 is 1.26 bits per heavy atom. The summed E-state index contributed by atoms with van der Waals surface area (Å²) in [5.41, 5.74) is 0.939. The van der Waals surface area contributed by atoms with Crippen LogP contribution < -0.4 is 10.8 Å². The van der Waals surface area contributed by atoms with E-state index < -0.39 is 34.4 Å². The normalized spacial score (nSPS) is 40.1. The molecule has 35 heavy (non-hydrogen) atoms. The third kappa shape index (κ3) is 3.25. The lowest BCUT2D eigenvalue weighted by Crippen LogP contribution is -2.66. The fourth-order valence-corrected chi connectivity index (χ4v) is 7.92. The van der Waals surface area contributed by atoms with Gasteiger partial charge in [0, 0.05) is 30.2 Å². The first-order valence-electron chi connectivity index (χ1n) is 11.9. The minimum atomic E-state index is -1.39. The van der Waals surface area contributed by atoms with Gasteiger partial charge in [0.25, 0.3) is 0 Å². The molecule has 2 aliphatic heterocycles. The van der Waals surface area contributed by atoms with Crippen molar-refractivity contribution in [2.75, 3.05) is 5.32 Å². The number of nitrogens with zero attached hydrogens (tertiary/aromatic N) is 1. The number of carboxylic acids is 1. The number of nitrogens with one attached hydrogen (secondary N) is 2. The zero-order valence-electron chi connectivity index (χ0n) is 19.6. The van der Waals surface area contributed by atoms with Gasteiger partial charge in [0.2, 0.25) is 5.91 Å². The molecule has 0 aromatic heterocycles. The van der Waals surface area contributed by atoms with Crippen molar-refractivity contribution in [1.29, 1.82) is 0 Å². The highest BCUT2D eigenvalue weighted by Crippen LogP contribution is 2.73. The number of aromatic carboxylic acids is 1. The number of oxime groups is 1. The van der Waals surface area contributed by atoms with Crippen LogP contribution in [0.2, 0.25) is 0 Å². The molecule has 11 heteroatoms. The Kier molecular flexibility index (Phi) is 5.32. The van der Waals surface area contributed by atoms with Crippen LogP contribution in [-0.4, -0.2) is 61.1 Å². The van der Waals surface area contributed by atoms with E-state index in [4.69, 9.17) is 4.74 Å². The Bertz CT molecular complexity index is 1120. The van der Waals surface area contributed by atoms with Crippen LogP contribution in [0.4, 0.5) is 5.69 Å². The minimum absolute atomic E-state index is 0.0388. The first-order valence-corrected chi connectivity index (χ1v) is 11.9. The van der Waals surface area contributed by atoms with E-state index in [-0.39, 0.29) is 41.2 Å². The number of ether oxygens (including phenoxy) is 1. The standard InChI is InChI=1S/C24H31N3O8/c1-22(6-5-17(29)25-18-13(28)4-3-12(19(18)30)21(31)32)15(26-33)8-16(27-34)24-9-11-7-14(20(22)24)35-23(11,2)10-24/h3-4,11,14,16,20,27-28,30,33-34H,5-10H2,1-2H3,(H,25,29)(H,31,32)/b26-15+/t11-,14+,16+,20+,22-,23+,24+/m1/s1. The Morgan fingerprint density at radius 3 is 2.63 bits per heavy atom. The third-order valence-corrected chi connectivity index (χ3v) is 9.33. The number of anilines is 1. The molecule has 1 amide bonds. The molecule has 2 heterocycles. The fraction of sp³-hybridized carbons (Fsp3) is 0.625. The van der Waals surface area contributed by atoms with Crippen molar-refractivity contribution in [1.82, 2.24) is 5.48 Å². The van der Waals surface area contributed by atoms with Gasteiger partial charge in [-0.2, -0.15) is 0 Å². The van der Waals surface area contributed by atoms with Gasteiger partial charge in [-0.05, 0) is 56.1 Å². The number of carbonyl (C=O) groups excluding carboxylic acids is 1. The van der Waals surface area contributed by atoms with Gasteiger partial charge in [-0.3, -0.25) is 4.79 Å². The van der Waals surface area contributed by atoms with Crippen molar-refractivity contribution in [3.63, 3.8) is 0 Å². The summed E-state index contributed by atoms with van der Waals surface area (Å²) in [6.45, 7) is 4.09. The molecule has 1 aromatic carbocycles. The number of carboxylic acid groups (broad SMARTS) is 1. The first kappa shape index (κ1) is 23.8. The maximum absolute atomic E-state index is 12.9. The maximum Gasteiger partial charge on any atom is 0.339 e. The summed E-state index contributed by atoms with van der Waals surface area (Å²) in [5.74, 6) is -2.80. The molecule has 7 N–H and O–H groups in total. The van der Waals surface area contributed by atoms with Gasteiger partial charge in [0.1, 0.15) is 17.0 Å². The lowest BCUT2D eigenvalue weighted by molar-refractivity contribution is -0.182. The molecule has 190 valence electrons. The maximum atomic E-state index is 12.9. The van der Waals surface area contributed by atoms with Crippen molar-refractivity contribution in [2.24, 2.45) is 27.8 Å². The van der Waals surface area contributed by atoms with E-state index in [2.05, 4.69) is 22.9 Å². The molecule has 0 radical (unpaired) electrons. The molecule has 5 fully saturated rings. The summed E-state index contributed by atoms with van der Waals surface area (Å²) in [5, 5.41) is 55.5. The number of rotatable bonds is 6. The van der Waals surface area contributed by atoms with Crippen LogP contribution in [0.5, 0.6) is 11.5 Å². The van der Waals surface area contributed by atoms with E-state index in [1.807, 2.05) is 6.92 Å². The average molecular weight is 490 g/mol. The van der Waals surface area contributed by atoms with Crippen LogP contribution in [0, 0.1) is 22.7 Å². The third-order valence-electron chi connectivity index (χ3n) is 9.33. The van der Waals surface area contributed by atoms with Gasteiger partial charge < -0.3 is 35.8 Å². The molecule has 1 aromatic rings. The van der Waals surface area contributed by atoms with E-state index in [9.17, 15) is 35.3 Å². The largest absolute Gasteiger partial charge is 0.506 e. The Morgan fingerprint density at radius 2 is 2.00 bits per heavy atom. The summed E-state index contributed by atoms with van der Waals surface area (Å²) < 4.78 is 6.49. The van der Waals surface area contributed by atoms with Crippen molar-refractivity contribution in [3.8, 4) is 11.5 Å². The second-order valence-corrected chi connectivity index (χ2v) is 11.1. The predicted octanol–water partition coefficient (Wildman–Crippen LogP) is 2.68.